The van der Waals surface area contributed by atoms with Gasteiger partial charge in [0.1, 0.15) is 5.01 Å². The van der Waals surface area contributed by atoms with Gasteiger partial charge >= 0.3 is 0 Å². The first-order valence-electron chi connectivity index (χ1n) is 8.35. The molecular weight excluding hydrogens is 463 g/mol. The topological polar surface area (TPSA) is 78.8 Å². The molecule has 0 saturated heterocycles. The summed E-state index contributed by atoms with van der Waals surface area (Å²) in [7, 11) is 1.53. The Bertz CT molecular complexity index is 719. The van der Waals surface area contributed by atoms with Crippen molar-refractivity contribution in [3.05, 3.63) is 39.8 Å². The first-order chi connectivity index (χ1) is 12.0. The number of aliphatic imine (C=N–C) groups is 1. The molecule has 1 aromatic carbocycles. The van der Waals surface area contributed by atoms with E-state index in [1.54, 1.807) is 23.5 Å². The molecule has 1 aromatic heterocycles. The smallest absolute Gasteiger partial charge is 0.191 e. The molecule has 0 aliphatic rings. The van der Waals surface area contributed by atoms with Gasteiger partial charge in [0.15, 0.2) is 17.5 Å². The number of halogens is 1. The summed E-state index contributed by atoms with van der Waals surface area (Å²) in [6, 6.07) is 5.30. The summed E-state index contributed by atoms with van der Waals surface area (Å²) in [5.74, 6) is 1.74. The fourth-order valence-corrected chi connectivity index (χ4v) is 3.07. The minimum absolute atomic E-state index is 0. The average molecular weight is 490 g/mol. The quantitative estimate of drug-likeness (QED) is 0.312. The van der Waals surface area contributed by atoms with Crippen LogP contribution in [0.5, 0.6) is 11.5 Å². The van der Waals surface area contributed by atoms with Gasteiger partial charge in [-0.05, 0) is 30.5 Å². The highest BCUT2D eigenvalue weighted by molar-refractivity contribution is 14.0. The highest BCUT2D eigenvalue weighted by Gasteiger charge is 2.07. The molecule has 1 heterocycles. The van der Waals surface area contributed by atoms with E-state index in [2.05, 4.69) is 39.8 Å². The van der Waals surface area contributed by atoms with Gasteiger partial charge in [-0.15, -0.1) is 35.3 Å². The molecule has 0 fully saturated rings. The molecule has 2 aromatic rings. The van der Waals surface area contributed by atoms with Gasteiger partial charge in [-0.2, -0.15) is 0 Å². The number of hydrogen-bond acceptors (Lipinski definition) is 5. The van der Waals surface area contributed by atoms with Gasteiger partial charge in [-0.1, -0.05) is 19.9 Å². The van der Waals surface area contributed by atoms with Crippen LogP contribution in [0.4, 0.5) is 0 Å². The number of aromatic hydroxyl groups is 1. The van der Waals surface area contributed by atoms with E-state index in [0.717, 1.165) is 28.8 Å². The lowest BCUT2D eigenvalue weighted by molar-refractivity contribution is 0.373. The van der Waals surface area contributed by atoms with Crippen LogP contribution in [-0.2, 0) is 13.1 Å². The Morgan fingerprint density at radius 3 is 2.69 bits per heavy atom. The van der Waals surface area contributed by atoms with Crippen LogP contribution in [-0.4, -0.2) is 29.7 Å². The molecule has 6 nitrogen and oxygen atoms in total. The van der Waals surface area contributed by atoms with E-state index < -0.39 is 0 Å². The molecule has 0 atom stereocenters. The van der Waals surface area contributed by atoms with Crippen molar-refractivity contribution in [1.29, 1.82) is 0 Å². The second-order valence-corrected chi connectivity index (χ2v) is 6.82. The van der Waals surface area contributed by atoms with E-state index in [4.69, 9.17) is 4.74 Å². The number of guanidine groups is 1. The molecule has 0 unspecified atom stereocenters. The van der Waals surface area contributed by atoms with Gasteiger partial charge in [0.25, 0.3) is 0 Å². The standard InChI is InChI=1S/C18H26N4O2S.HI/c1-5-19-18(21-10-17-22-14(11-25-17)12(2)3)20-9-13-6-7-16(24-4)15(23)8-13;/h6-8,11-12,23H,5,9-10H2,1-4H3,(H2,19,20,21);1H. The van der Waals surface area contributed by atoms with Crippen molar-refractivity contribution in [3.8, 4) is 11.5 Å². The highest BCUT2D eigenvalue weighted by Crippen LogP contribution is 2.26. The van der Waals surface area contributed by atoms with Crippen molar-refractivity contribution >= 4 is 41.3 Å². The molecule has 0 amide bonds. The van der Waals surface area contributed by atoms with E-state index in [-0.39, 0.29) is 29.7 Å². The van der Waals surface area contributed by atoms with Crippen LogP contribution in [0.1, 0.15) is 43.0 Å². The number of ether oxygens (including phenoxy) is 1. The van der Waals surface area contributed by atoms with Crippen LogP contribution < -0.4 is 15.4 Å². The predicted octanol–water partition coefficient (Wildman–Crippen LogP) is 3.85. The zero-order valence-electron chi connectivity index (χ0n) is 15.6. The summed E-state index contributed by atoms with van der Waals surface area (Å²) in [4.78, 5) is 9.17. The summed E-state index contributed by atoms with van der Waals surface area (Å²) < 4.78 is 5.05. The number of methoxy groups -OCH3 is 1. The zero-order chi connectivity index (χ0) is 18.2. The largest absolute Gasteiger partial charge is 0.504 e. The third-order valence-corrected chi connectivity index (χ3v) is 4.44. The lowest BCUT2D eigenvalue weighted by atomic mass is 10.2. The van der Waals surface area contributed by atoms with Gasteiger partial charge in [0.2, 0.25) is 0 Å². The molecule has 2 rings (SSSR count). The van der Waals surface area contributed by atoms with Crippen LogP contribution in [0.2, 0.25) is 0 Å². The van der Waals surface area contributed by atoms with E-state index >= 15 is 0 Å². The average Bonchev–Trinajstić information content (AvgIpc) is 3.07. The maximum absolute atomic E-state index is 9.85. The monoisotopic (exact) mass is 490 g/mol. The molecule has 0 aliphatic carbocycles. The number of nitrogens with one attached hydrogen (secondary N) is 2. The summed E-state index contributed by atoms with van der Waals surface area (Å²) >= 11 is 1.66. The molecule has 144 valence electrons. The fraction of sp³-hybridized carbons (Fsp3) is 0.444. The van der Waals surface area contributed by atoms with Crippen LogP contribution >= 0.6 is 35.3 Å². The number of aromatic nitrogens is 1. The lowest BCUT2D eigenvalue weighted by Crippen LogP contribution is -2.36. The number of phenolic OH excluding ortho intramolecular Hbond substituents is 1. The molecule has 8 heteroatoms. The van der Waals surface area contributed by atoms with Crippen molar-refractivity contribution < 1.29 is 9.84 Å². The van der Waals surface area contributed by atoms with Crippen molar-refractivity contribution in [2.45, 2.75) is 39.8 Å². The second kappa shape index (κ2) is 11.2. The third-order valence-electron chi connectivity index (χ3n) is 3.58. The number of thiazole rings is 1. The molecule has 26 heavy (non-hydrogen) atoms. The third kappa shape index (κ3) is 6.64. The Hall–Kier alpha value is -1.55. The number of phenols is 1. The zero-order valence-corrected chi connectivity index (χ0v) is 18.7. The predicted molar refractivity (Wildman–Crippen MR) is 118 cm³/mol. The second-order valence-electron chi connectivity index (χ2n) is 5.88. The molecule has 0 bridgehead atoms. The maximum atomic E-state index is 9.85. The van der Waals surface area contributed by atoms with Crippen LogP contribution in [0.25, 0.3) is 0 Å². The van der Waals surface area contributed by atoms with E-state index in [1.807, 2.05) is 13.0 Å². The van der Waals surface area contributed by atoms with Gasteiger partial charge in [0.05, 0.1) is 25.9 Å². The first-order valence-corrected chi connectivity index (χ1v) is 9.23. The Morgan fingerprint density at radius 2 is 2.12 bits per heavy atom. The van der Waals surface area contributed by atoms with Crippen LogP contribution in [0.15, 0.2) is 28.6 Å². The number of hydrogen-bond donors (Lipinski definition) is 3. The fourth-order valence-electron chi connectivity index (χ4n) is 2.18. The van der Waals surface area contributed by atoms with Crippen LogP contribution in [0, 0.1) is 0 Å². The summed E-state index contributed by atoms with van der Waals surface area (Å²) in [5, 5.41) is 19.5. The van der Waals surface area contributed by atoms with Crippen molar-refractivity contribution in [2.75, 3.05) is 13.7 Å². The Kier molecular flexibility index (Phi) is 9.71. The van der Waals surface area contributed by atoms with Crippen LogP contribution in [0.3, 0.4) is 0 Å². The molecule has 0 spiro atoms. The first kappa shape index (κ1) is 22.5. The number of rotatable bonds is 7. The summed E-state index contributed by atoms with van der Waals surface area (Å²) in [6.07, 6.45) is 0. The Morgan fingerprint density at radius 1 is 1.35 bits per heavy atom. The Balaban J connectivity index is 0.00000338. The minimum atomic E-state index is 0. The molecule has 0 aliphatic heterocycles. The van der Waals surface area contributed by atoms with Crippen molar-refractivity contribution in [3.63, 3.8) is 0 Å². The van der Waals surface area contributed by atoms with Crippen molar-refractivity contribution in [1.82, 2.24) is 15.6 Å². The summed E-state index contributed by atoms with van der Waals surface area (Å²) in [6.45, 7) is 8.18. The lowest BCUT2D eigenvalue weighted by Gasteiger charge is -2.10. The molecule has 0 saturated carbocycles. The minimum Gasteiger partial charge on any atom is -0.504 e. The normalized spacial score (nSPS) is 11.2. The van der Waals surface area contributed by atoms with E-state index in [1.165, 1.54) is 7.11 Å². The van der Waals surface area contributed by atoms with Gasteiger partial charge < -0.3 is 20.5 Å². The van der Waals surface area contributed by atoms with Gasteiger partial charge in [-0.3, -0.25) is 0 Å². The molecular formula is C18H27IN4O2S. The number of nitrogens with zero attached hydrogens (tertiary/aromatic N) is 2. The number of benzene rings is 1. The Labute approximate surface area is 176 Å². The van der Waals surface area contributed by atoms with Gasteiger partial charge in [-0.25, -0.2) is 9.98 Å². The van der Waals surface area contributed by atoms with Crippen molar-refractivity contribution in [2.24, 2.45) is 4.99 Å². The van der Waals surface area contributed by atoms with E-state index in [0.29, 0.717) is 24.8 Å². The molecule has 3 N–H and O–H groups in total. The van der Waals surface area contributed by atoms with Gasteiger partial charge in [0, 0.05) is 11.9 Å². The SMILES string of the molecule is CCNC(=NCc1ccc(OC)c(O)c1)NCc1nc(C(C)C)cs1.I. The maximum Gasteiger partial charge on any atom is 0.191 e. The molecule has 0 radical (unpaired) electrons. The highest BCUT2D eigenvalue weighted by atomic mass is 127. The van der Waals surface area contributed by atoms with E-state index in [9.17, 15) is 5.11 Å². The summed E-state index contributed by atoms with van der Waals surface area (Å²) in [5.41, 5.74) is 2.03.